The van der Waals surface area contributed by atoms with Crippen LogP contribution < -0.4 is 9.91 Å². The maximum atomic E-state index is 12.7. The second-order valence-electron chi connectivity index (χ2n) is 8.64. The van der Waals surface area contributed by atoms with Crippen LogP contribution in [-0.2, 0) is 14.3 Å². The Morgan fingerprint density at radius 2 is 1.81 bits per heavy atom. The number of ether oxygens (including phenoxy) is 1. The van der Waals surface area contributed by atoms with Gasteiger partial charge in [0, 0.05) is 43.4 Å². The van der Waals surface area contributed by atoms with E-state index in [1.165, 1.54) is 18.7 Å². The molecule has 2 aromatic heterocycles. The highest BCUT2D eigenvalue weighted by Gasteiger charge is 2.36. The Morgan fingerprint density at radius 3 is 2.44 bits per heavy atom. The zero-order valence-corrected chi connectivity index (χ0v) is 21.4. The van der Waals surface area contributed by atoms with Crippen molar-refractivity contribution < 1.29 is 19.1 Å². The summed E-state index contributed by atoms with van der Waals surface area (Å²) in [6.07, 6.45) is 6.60. The predicted octanol–water partition coefficient (Wildman–Crippen LogP) is 4.51. The normalized spacial score (nSPS) is 15.5. The smallest absolute Gasteiger partial charge is 0.417 e. The molecule has 1 aromatic carbocycles. The Balaban J connectivity index is 1.72. The molecule has 0 radical (unpaired) electrons. The lowest BCUT2D eigenvalue weighted by Gasteiger charge is -2.36. The number of anilines is 1. The van der Waals surface area contributed by atoms with Gasteiger partial charge in [-0.1, -0.05) is 30.4 Å². The highest BCUT2D eigenvalue weighted by atomic mass is 32.1. The average molecular weight is 506 g/mol. The number of hydrogen-bond donors (Lipinski definition) is 0. The molecule has 5 rings (SSSR count). The fourth-order valence-corrected chi connectivity index (χ4v) is 5.88. The van der Waals surface area contributed by atoms with E-state index in [-0.39, 0.29) is 24.3 Å². The van der Waals surface area contributed by atoms with Gasteiger partial charge in [-0.05, 0) is 30.9 Å². The van der Waals surface area contributed by atoms with Gasteiger partial charge in [0.25, 0.3) is 0 Å². The molecule has 4 heterocycles. The van der Waals surface area contributed by atoms with Gasteiger partial charge in [-0.25, -0.2) is 19.5 Å². The molecule has 3 aromatic rings. The lowest BCUT2D eigenvalue weighted by Crippen LogP contribution is -2.52. The quantitative estimate of drug-likeness (QED) is 0.523. The predicted molar refractivity (Wildman–Crippen MR) is 139 cm³/mol. The van der Waals surface area contributed by atoms with E-state index in [2.05, 4.69) is 19.1 Å². The number of amides is 3. The van der Waals surface area contributed by atoms with Crippen LogP contribution >= 0.6 is 11.3 Å². The zero-order valence-electron chi connectivity index (χ0n) is 20.6. The molecule has 2 aliphatic rings. The monoisotopic (exact) mass is 505 g/mol. The topological polar surface area (TPSA) is 88.0 Å². The molecular weight excluding hydrogens is 478 g/mol. The summed E-state index contributed by atoms with van der Waals surface area (Å²) in [6, 6.07) is 8.18. The molecule has 0 saturated carbocycles. The number of hydrogen-bond acceptors (Lipinski definition) is 6. The van der Waals surface area contributed by atoms with E-state index in [1.54, 1.807) is 45.2 Å². The minimum Gasteiger partial charge on any atom is -0.449 e. The number of benzene rings is 1. The zero-order chi connectivity index (χ0) is 25.6. The second kappa shape index (κ2) is 9.27. The van der Waals surface area contributed by atoms with Crippen LogP contribution in [0.25, 0.3) is 20.7 Å². The summed E-state index contributed by atoms with van der Waals surface area (Å²) >= 11 is 1.63. The first-order valence-electron chi connectivity index (χ1n) is 11.8. The molecule has 0 N–H and O–H groups in total. The number of fused-ring (bicyclic) bond motifs is 2. The largest absolute Gasteiger partial charge is 0.449 e. The van der Waals surface area contributed by atoms with Gasteiger partial charge in [0.05, 0.1) is 23.7 Å². The highest BCUT2D eigenvalue weighted by molar-refractivity contribution is 7.22. The van der Waals surface area contributed by atoms with Crippen molar-refractivity contribution in [1.29, 1.82) is 0 Å². The summed E-state index contributed by atoms with van der Waals surface area (Å²) < 4.78 is 8.01. The number of aromatic nitrogens is 2. The van der Waals surface area contributed by atoms with Crippen molar-refractivity contribution in [3.05, 3.63) is 60.1 Å². The number of thiophene rings is 1. The number of carbonyl (C=O) groups excluding carboxylic acids is 3. The van der Waals surface area contributed by atoms with Gasteiger partial charge in [-0.3, -0.25) is 19.4 Å². The summed E-state index contributed by atoms with van der Waals surface area (Å²) in [4.78, 5) is 46.4. The van der Waals surface area contributed by atoms with Gasteiger partial charge in [-0.15, -0.1) is 11.3 Å². The number of carbonyl (C=O) groups is 3. The van der Waals surface area contributed by atoms with Crippen molar-refractivity contribution in [3.8, 4) is 10.6 Å². The second-order valence-corrected chi connectivity index (χ2v) is 9.69. The molecule has 36 heavy (non-hydrogen) atoms. The van der Waals surface area contributed by atoms with Crippen LogP contribution in [0.3, 0.4) is 0 Å². The minimum atomic E-state index is -0.465. The molecule has 9 nitrogen and oxygen atoms in total. The standard InChI is InChI=1S/C26H27N5O4S/c1-5-35-26(34)28-12-10-19(11-13-28)23-22(24-16(2)20-8-6-7-9-21(20)36-24)27-25-29(17(3)32)14-15-30(18(4)33)31(23)25/h6-13,19H,5,14-15H2,1-4H3. The lowest BCUT2D eigenvalue weighted by molar-refractivity contribution is -0.119. The van der Waals surface area contributed by atoms with Crippen LogP contribution in [-0.4, -0.2) is 52.2 Å². The van der Waals surface area contributed by atoms with Gasteiger partial charge in [0.2, 0.25) is 17.8 Å². The molecule has 0 spiro atoms. The Hall–Kier alpha value is -3.92. The maximum absolute atomic E-state index is 12.7. The van der Waals surface area contributed by atoms with Crippen molar-refractivity contribution in [1.82, 2.24) is 14.6 Å². The van der Waals surface area contributed by atoms with Crippen molar-refractivity contribution in [3.63, 3.8) is 0 Å². The van der Waals surface area contributed by atoms with E-state index in [0.29, 0.717) is 24.7 Å². The van der Waals surface area contributed by atoms with E-state index in [1.807, 2.05) is 24.3 Å². The fourth-order valence-electron chi connectivity index (χ4n) is 4.67. The molecule has 2 aliphatic heterocycles. The van der Waals surface area contributed by atoms with Crippen LogP contribution in [0.2, 0.25) is 0 Å². The van der Waals surface area contributed by atoms with Crippen LogP contribution in [0.5, 0.6) is 0 Å². The van der Waals surface area contributed by atoms with E-state index >= 15 is 0 Å². The molecule has 0 fully saturated rings. The van der Waals surface area contributed by atoms with Gasteiger partial charge >= 0.3 is 6.09 Å². The molecule has 0 bridgehead atoms. The van der Waals surface area contributed by atoms with Crippen LogP contribution in [0, 0.1) is 6.92 Å². The van der Waals surface area contributed by atoms with Crippen molar-refractivity contribution in [2.45, 2.75) is 33.6 Å². The summed E-state index contributed by atoms with van der Waals surface area (Å²) in [6.45, 7) is 7.83. The van der Waals surface area contributed by atoms with E-state index in [9.17, 15) is 14.4 Å². The Kier molecular flexibility index (Phi) is 6.13. The number of aryl methyl sites for hydroxylation is 1. The van der Waals surface area contributed by atoms with E-state index < -0.39 is 6.09 Å². The summed E-state index contributed by atoms with van der Waals surface area (Å²) in [5, 5.41) is 2.77. The highest BCUT2D eigenvalue weighted by Crippen LogP contribution is 2.44. The SMILES string of the molecule is CCOC(=O)N1C=CC(c2c(-c3sc4ccccc4c3C)nc3n2N(C(C)=O)CCN3C(C)=O)C=C1. The van der Waals surface area contributed by atoms with E-state index in [4.69, 9.17) is 9.72 Å². The minimum absolute atomic E-state index is 0.140. The molecule has 3 amide bonds. The first-order chi connectivity index (χ1) is 17.3. The molecule has 0 saturated heterocycles. The van der Waals surface area contributed by atoms with Gasteiger partial charge in [0.1, 0.15) is 5.69 Å². The lowest BCUT2D eigenvalue weighted by atomic mass is 9.99. The molecular formula is C26H27N5O4S. The summed E-state index contributed by atoms with van der Waals surface area (Å²) in [5.74, 6) is -0.167. The maximum Gasteiger partial charge on any atom is 0.417 e. The molecule has 0 atom stereocenters. The number of imidazole rings is 1. The molecule has 186 valence electrons. The molecule has 0 unspecified atom stereocenters. The Morgan fingerprint density at radius 1 is 1.08 bits per heavy atom. The first-order valence-corrected chi connectivity index (χ1v) is 12.6. The number of rotatable bonds is 3. The van der Waals surface area contributed by atoms with Crippen LogP contribution in [0.4, 0.5) is 10.7 Å². The van der Waals surface area contributed by atoms with Gasteiger partial charge < -0.3 is 4.74 Å². The number of nitrogens with zero attached hydrogens (tertiary/aromatic N) is 5. The Labute approximate surface area is 212 Å². The third-order valence-electron chi connectivity index (χ3n) is 6.40. The van der Waals surface area contributed by atoms with E-state index in [0.717, 1.165) is 26.2 Å². The van der Waals surface area contributed by atoms with Gasteiger partial charge in [-0.2, -0.15) is 0 Å². The summed E-state index contributed by atoms with van der Waals surface area (Å²) in [5.41, 5.74) is 2.57. The first kappa shape index (κ1) is 23.8. The Bertz CT molecular complexity index is 1420. The number of allylic oxidation sites excluding steroid dienone is 2. The van der Waals surface area contributed by atoms with Crippen molar-refractivity contribution in [2.24, 2.45) is 0 Å². The fraction of sp³-hybridized carbons (Fsp3) is 0.308. The average Bonchev–Trinajstić information content (AvgIpc) is 3.42. The molecule has 10 heteroatoms. The van der Waals surface area contributed by atoms with Gasteiger partial charge in [0.15, 0.2) is 0 Å². The third kappa shape index (κ3) is 3.87. The van der Waals surface area contributed by atoms with Crippen molar-refractivity contribution >= 4 is 45.3 Å². The van der Waals surface area contributed by atoms with Crippen LogP contribution in [0.1, 0.15) is 37.9 Å². The molecule has 0 aliphatic carbocycles. The summed E-state index contributed by atoms with van der Waals surface area (Å²) in [7, 11) is 0. The van der Waals surface area contributed by atoms with Crippen LogP contribution in [0.15, 0.2) is 48.8 Å². The third-order valence-corrected chi connectivity index (χ3v) is 7.67. The van der Waals surface area contributed by atoms with Crippen molar-refractivity contribution in [2.75, 3.05) is 29.6 Å².